The van der Waals surface area contributed by atoms with E-state index in [1.165, 1.54) is 7.11 Å². The Morgan fingerprint density at radius 2 is 1.92 bits per heavy atom. The average Bonchev–Trinajstić information content (AvgIpc) is 3.03. The Labute approximate surface area is 148 Å². The number of carbonyl (C=O) groups is 2. The number of carbonyl (C=O) groups excluding carboxylic acids is 2. The van der Waals surface area contributed by atoms with Gasteiger partial charge in [0, 0.05) is 24.7 Å². The molecule has 1 heterocycles. The van der Waals surface area contributed by atoms with Crippen LogP contribution in [0.5, 0.6) is 0 Å². The maximum Gasteiger partial charge on any atom is 0.338 e. The lowest BCUT2D eigenvalue weighted by molar-refractivity contribution is -0.144. The molecule has 1 aliphatic rings. The largest absolute Gasteiger partial charge is 0.468 e. The van der Waals surface area contributed by atoms with Gasteiger partial charge in [-0.1, -0.05) is 0 Å². The van der Waals surface area contributed by atoms with Crippen molar-refractivity contribution in [2.75, 3.05) is 25.1 Å². The quantitative estimate of drug-likeness (QED) is 0.782. The number of esters is 2. The van der Waals surface area contributed by atoms with Crippen molar-refractivity contribution in [2.45, 2.75) is 32.8 Å². The Bertz CT molecular complexity index is 670. The molecule has 0 aliphatic carbocycles. The van der Waals surface area contributed by atoms with Crippen molar-refractivity contribution in [3.63, 3.8) is 0 Å². The molecule has 2 unspecified atom stereocenters. The van der Waals surface area contributed by atoms with E-state index in [1.54, 1.807) is 12.1 Å². The highest BCUT2D eigenvalue weighted by atomic mass is 16.6. The highest BCUT2D eigenvalue weighted by molar-refractivity contribution is 5.90. The summed E-state index contributed by atoms with van der Waals surface area (Å²) in [6.45, 7) is 6.86. The Morgan fingerprint density at radius 1 is 1.28 bits per heavy atom. The van der Waals surface area contributed by atoms with Gasteiger partial charge in [-0.15, -0.1) is 0 Å². The summed E-state index contributed by atoms with van der Waals surface area (Å²) in [6, 6.07) is 9.24. The van der Waals surface area contributed by atoms with E-state index in [1.807, 2.05) is 32.9 Å². The number of hydrogen-bond donors (Lipinski definition) is 0. The number of benzene rings is 1. The fourth-order valence-electron chi connectivity index (χ4n) is 2.92. The van der Waals surface area contributed by atoms with E-state index in [0.717, 1.165) is 18.7 Å². The van der Waals surface area contributed by atoms with Gasteiger partial charge in [0.1, 0.15) is 11.5 Å². The normalized spacial score (nSPS) is 18.4. The van der Waals surface area contributed by atoms with Gasteiger partial charge in [0.25, 0.3) is 0 Å². The van der Waals surface area contributed by atoms with Crippen molar-refractivity contribution in [1.29, 1.82) is 5.26 Å². The van der Waals surface area contributed by atoms with Gasteiger partial charge < -0.3 is 14.4 Å². The average molecular weight is 344 g/mol. The number of nitriles is 1. The molecule has 0 saturated carbocycles. The summed E-state index contributed by atoms with van der Waals surface area (Å²) < 4.78 is 10.1. The van der Waals surface area contributed by atoms with E-state index in [4.69, 9.17) is 9.47 Å². The Kier molecular flexibility index (Phi) is 5.68. The molecule has 1 fully saturated rings. The summed E-state index contributed by atoms with van der Waals surface area (Å²) in [4.78, 5) is 25.9. The molecule has 1 aliphatic heterocycles. The predicted octanol–water partition coefficient (Wildman–Crippen LogP) is 2.78. The van der Waals surface area contributed by atoms with E-state index in [0.29, 0.717) is 12.1 Å². The summed E-state index contributed by atoms with van der Waals surface area (Å²) in [6.07, 6.45) is 0.751. The van der Waals surface area contributed by atoms with E-state index in [2.05, 4.69) is 11.0 Å². The van der Waals surface area contributed by atoms with Crippen LogP contribution in [0.2, 0.25) is 0 Å². The van der Waals surface area contributed by atoms with Gasteiger partial charge in [-0.3, -0.25) is 4.79 Å². The minimum absolute atomic E-state index is 0.0528. The fourth-order valence-corrected chi connectivity index (χ4v) is 2.92. The van der Waals surface area contributed by atoms with Gasteiger partial charge in [0.2, 0.25) is 0 Å². The molecular formula is C19H24N2O4. The molecule has 2 rings (SSSR count). The molecule has 0 aromatic heterocycles. The lowest BCUT2D eigenvalue weighted by Gasteiger charge is -2.21. The van der Waals surface area contributed by atoms with Gasteiger partial charge in [-0.05, 0) is 51.5 Å². The van der Waals surface area contributed by atoms with Gasteiger partial charge in [0.15, 0.2) is 0 Å². The van der Waals surface area contributed by atoms with Gasteiger partial charge >= 0.3 is 11.9 Å². The van der Waals surface area contributed by atoms with Crippen LogP contribution in [0, 0.1) is 23.2 Å². The zero-order valence-electron chi connectivity index (χ0n) is 15.1. The Morgan fingerprint density at radius 3 is 2.44 bits per heavy atom. The molecule has 0 bridgehead atoms. The van der Waals surface area contributed by atoms with Crippen LogP contribution in [0.15, 0.2) is 24.3 Å². The molecule has 1 aromatic carbocycles. The lowest BCUT2D eigenvalue weighted by atomic mass is 9.93. The van der Waals surface area contributed by atoms with Crippen LogP contribution in [0.4, 0.5) is 5.69 Å². The third-order valence-corrected chi connectivity index (χ3v) is 4.16. The van der Waals surface area contributed by atoms with Crippen molar-refractivity contribution in [3.8, 4) is 6.07 Å². The standard InChI is InChI=1S/C19H24N2O4/c1-19(2,3)25-17(22)13-5-7-15(8-6-13)21-10-9-14(12-21)16(11-20)18(23)24-4/h5-8,14,16H,9-10,12H2,1-4H3. The lowest BCUT2D eigenvalue weighted by Crippen LogP contribution is -2.27. The maximum atomic E-state index is 12.1. The number of rotatable bonds is 4. The van der Waals surface area contributed by atoms with Crippen LogP contribution < -0.4 is 4.90 Å². The second-order valence-corrected chi connectivity index (χ2v) is 7.17. The molecule has 134 valence electrons. The van der Waals surface area contributed by atoms with Crippen molar-refractivity contribution >= 4 is 17.6 Å². The van der Waals surface area contributed by atoms with E-state index < -0.39 is 17.5 Å². The first-order chi connectivity index (χ1) is 11.7. The zero-order chi connectivity index (χ0) is 18.6. The molecule has 6 nitrogen and oxygen atoms in total. The van der Waals surface area contributed by atoms with Crippen LogP contribution >= 0.6 is 0 Å². The zero-order valence-corrected chi connectivity index (χ0v) is 15.1. The minimum Gasteiger partial charge on any atom is -0.468 e. The summed E-state index contributed by atoms with van der Waals surface area (Å²) in [5.41, 5.74) is 0.924. The molecule has 0 amide bonds. The molecule has 1 saturated heterocycles. The molecule has 6 heteroatoms. The minimum atomic E-state index is -0.740. The number of anilines is 1. The molecule has 25 heavy (non-hydrogen) atoms. The number of methoxy groups -OCH3 is 1. The van der Waals surface area contributed by atoms with Crippen molar-refractivity contribution in [3.05, 3.63) is 29.8 Å². The van der Waals surface area contributed by atoms with Crippen molar-refractivity contribution < 1.29 is 19.1 Å². The summed E-state index contributed by atoms with van der Waals surface area (Å²) in [5.74, 6) is -1.62. The second-order valence-electron chi connectivity index (χ2n) is 7.17. The summed E-state index contributed by atoms with van der Waals surface area (Å²) >= 11 is 0. The first kappa shape index (κ1) is 18.8. The topological polar surface area (TPSA) is 79.6 Å². The molecule has 2 atom stereocenters. The number of ether oxygens (including phenoxy) is 2. The van der Waals surface area contributed by atoms with Gasteiger partial charge in [0.05, 0.1) is 18.7 Å². The summed E-state index contributed by atoms with van der Waals surface area (Å²) in [5, 5.41) is 9.21. The Hall–Kier alpha value is -2.55. The third-order valence-electron chi connectivity index (χ3n) is 4.16. The van der Waals surface area contributed by atoms with E-state index in [9.17, 15) is 14.9 Å². The van der Waals surface area contributed by atoms with Crippen LogP contribution in [0.25, 0.3) is 0 Å². The summed E-state index contributed by atoms with van der Waals surface area (Å²) in [7, 11) is 1.30. The molecular weight excluding hydrogens is 320 g/mol. The first-order valence-corrected chi connectivity index (χ1v) is 8.31. The molecule has 0 radical (unpaired) electrons. The smallest absolute Gasteiger partial charge is 0.338 e. The van der Waals surface area contributed by atoms with Crippen LogP contribution in [-0.2, 0) is 14.3 Å². The SMILES string of the molecule is COC(=O)C(C#N)C1CCN(c2ccc(C(=O)OC(C)(C)C)cc2)C1. The van der Waals surface area contributed by atoms with E-state index >= 15 is 0 Å². The number of nitrogens with zero attached hydrogens (tertiary/aromatic N) is 2. The fraction of sp³-hybridized carbons (Fsp3) is 0.526. The second kappa shape index (κ2) is 7.56. The predicted molar refractivity (Wildman–Crippen MR) is 93.0 cm³/mol. The molecule has 0 N–H and O–H groups in total. The number of hydrogen-bond acceptors (Lipinski definition) is 6. The van der Waals surface area contributed by atoms with E-state index in [-0.39, 0.29) is 11.9 Å². The highest BCUT2D eigenvalue weighted by Crippen LogP contribution is 2.29. The molecule has 0 spiro atoms. The Balaban J connectivity index is 2.03. The van der Waals surface area contributed by atoms with Crippen LogP contribution in [-0.4, -0.2) is 37.7 Å². The van der Waals surface area contributed by atoms with Gasteiger partial charge in [-0.2, -0.15) is 5.26 Å². The van der Waals surface area contributed by atoms with Crippen molar-refractivity contribution in [2.24, 2.45) is 11.8 Å². The molecule has 1 aromatic rings. The van der Waals surface area contributed by atoms with Crippen molar-refractivity contribution in [1.82, 2.24) is 0 Å². The van der Waals surface area contributed by atoms with Crippen LogP contribution in [0.3, 0.4) is 0 Å². The van der Waals surface area contributed by atoms with Gasteiger partial charge in [-0.25, -0.2) is 4.79 Å². The van der Waals surface area contributed by atoms with Crippen LogP contribution in [0.1, 0.15) is 37.6 Å². The maximum absolute atomic E-state index is 12.1. The highest BCUT2D eigenvalue weighted by Gasteiger charge is 2.35. The third kappa shape index (κ3) is 4.72. The first-order valence-electron chi connectivity index (χ1n) is 8.31. The monoisotopic (exact) mass is 344 g/mol.